The fraction of sp³-hybridized carbons (Fsp3) is 0.371. The lowest BCUT2D eigenvalue weighted by Gasteiger charge is -2.26. The Labute approximate surface area is 260 Å². The van der Waals surface area contributed by atoms with E-state index in [1.165, 1.54) is 0 Å². The Hall–Kier alpha value is -4.70. The van der Waals surface area contributed by atoms with Crippen LogP contribution >= 0.6 is 0 Å². The Bertz CT molecular complexity index is 2040. The number of esters is 1. The maximum absolute atomic E-state index is 13.3. The molecule has 5 heterocycles. The van der Waals surface area contributed by atoms with Crippen LogP contribution in [0.5, 0.6) is 0 Å². The Balaban J connectivity index is 1.72. The van der Waals surface area contributed by atoms with E-state index in [0.717, 1.165) is 67.7 Å². The summed E-state index contributed by atoms with van der Waals surface area (Å²) in [6.07, 6.45) is 9.13. The first-order valence-electron chi connectivity index (χ1n) is 15.4. The minimum Gasteiger partial charge on any atom is -0.510 e. The molecule has 1 aliphatic carbocycles. The topological polar surface area (TPSA) is 163 Å². The van der Waals surface area contributed by atoms with Gasteiger partial charge < -0.3 is 40.3 Å². The van der Waals surface area contributed by atoms with Crippen LogP contribution in [0, 0.1) is 38.5 Å². The van der Waals surface area contributed by atoms with Gasteiger partial charge in [-0.25, -0.2) is 0 Å². The van der Waals surface area contributed by atoms with E-state index in [-0.39, 0.29) is 24.0 Å². The smallest absolute Gasteiger partial charge is 0.323 e. The molecule has 0 aromatic carbocycles. The van der Waals surface area contributed by atoms with Crippen molar-refractivity contribution in [2.75, 3.05) is 6.79 Å². The highest BCUT2D eigenvalue weighted by atomic mass is 16.6. The number of allylic oxidation sites excluding steroid dienone is 1. The van der Waals surface area contributed by atoms with Crippen molar-refractivity contribution >= 4 is 47.6 Å². The van der Waals surface area contributed by atoms with Crippen molar-refractivity contribution in [3.05, 3.63) is 78.4 Å². The zero-order chi connectivity index (χ0) is 32.3. The van der Waals surface area contributed by atoms with Crippen molar-refractivity contribution in [2.24, 2.45) is 17.8 Å². The Morgan fingerprint density at radius 3 is 2.38 bits per heavy atom. The lowest BCUT2D eigenvalue weighted by Crippen LogP contribution is -2.38. The third kappa shape index (κ3) is 4.75. The highest BCUT2D eigenvalue weighted by Crippen LogP contribution is 2.42. The first-order valence-corrected chi connectivity index (χ1v) is 15.4. The first kappa shape index (κ1) is 30.3. The van der Waals surface area contributed by atoms with Gasteiger partial charge in [-0.2, -0.15) is 0 Å². The minimum absolute atomic E-state index is 0.0554. The van der Waals surface area contributed by atoms with E-state index in [9.17, 15) is 24.9 Å². The number of carbonyl (C=O) groups excluding carboxylic acids is 1. The quantitative estimate of drug-likeness (QED) is 0.158. The standard InChI is InChI=1S/C35H40N4O6/c1-7-19-15(3)22-11-24-17(5)21(9-10-28(41)42)32(38-24)30-31(35(44)45-14-40)34(43)29-18(6)25(39-33(29)30)13-27-20(8-2)16(4)23(37-27)12-26(19)36-22/h7,11-13,17,21,31-32,36-40,43H,1,8-10,14H2,2-6H3,(H,41,42)/b23-12-,24-11-,27-13-/t17-,21-,31+,32?/m0/s1. The van der Waals surface area contributed by atoms with Gasteiger partial charge in [-0.05, 0) is 85.6 Å². The van der Waals surface area contributed by atoms with Crippen LogP contribution in [-0.4, -0.2) is 55.0 Å². The number of aromatic amines is 3. The fourth-order valence-corrected chi connectivity index (χ4v) is 7.60. The molecule has 0 amide bonds. The highest BCUT2D eigenvalue weighted by molar-refractivity contribution is 5.95. The predicted molar refractivity (Wildman–Crippen MR) is 172 cm³/mol. The number of aromatic nitrogens is 3. The first-order chi connectivity index (χ1) is 21.5. The minimum atomic E-state index is -1.16. The van der Waals surface area contributed by atoms with Crippen LogP contribution in [0.15, 0.2) is 12.3 Å². The van der Waals surface area contributed by atoms with Crippen molar-refractivity contribution in [2.45, 2.75) is 59.9 Å². The predicted octanol–water partition coefficient (Wildman–Crippen LogP) is 1.84. The molecule has 0 saturated carbocycles. The Morgan fingerprint density at radius 1 is 1.00 bits per heavy atom. The lowest BCUT2D eigenvalue weighted by atomic mass is 9.80. The molecule has 1 unspecified atom stereocenters. The van der Waals surface area contributed by atoms with Gasteiger partial charge in [-0.3, -0.25) is 9.59 Å². The number of rotatable bonds is 7. The summed E-state index contributed by atoms with van der Waals surface area (Å²) in [6, 6.07) is -0.505. The molecule has 3 aromatic rings. The van der Waals surface area contributed by atoms with Crippen molar-refractivity contribution in [3.63, 3.8) is 0 Å². The van der Waals surface area contributed by atoms with Crippen molar-refractivity contribution in [1.82, 2.24) is 20.3 Å². The molecule has 2 aliphatic heterocycles. The molecule has 8 bridgehead atoms. The number of carbonyl (C=O) groups is 2. The van der Waals surface area contributed by atoms with Crippen LogP contribution in [0.2, 0.25) is 0 Å². The van der Waals surface area contributed by atoms with Gasteiger partial charge in [0, 0.05) is 56.6 Å². The summed E-state index contributed by atoms with van der Waals surface area (Å²) in [5, 5.41) is 37.4. The van der Waals surface area contributed by atoms with Crippen molar-refractivity contribution in [3.8, 4) is 0 Å². The number of carboxylic acid groups (broad SMARTS) is 1. The molecule has 1 fully saturated rings. The molecule has 1 saturated heterocycles. The molecule has 45 heavy (non-hydrogen) atoms. The van der Waals surface area contributed by atoms with Crippen LogP contribution in [0.1, 0.15) is 71.6 Å². The summed E-state index contributed by atoms with van der Waals surface area (Å²) in [5.74, 6) is -3.32. The second-order valence-corrected chi connectivity index (χ2v) is 12.3. The van der Waals surface area contributed by atoms with Gasteiger partial charge in [0.05, 0.1) is 11.4 Å². The van der Waals surface area contributed by atoms with E-state index in [1.54, 1.807) is 0 Å². The van der Waals surface area contributed by atoms with Gasteiger partial charge in [0.25, 0.3) is 0 Å². The van der Waals surface area contributed by atoms with Gasteiger partial charge in [-0.1, -0.05) is 26.5 Å². The van der Waals surface area contributed by atoms with Crippen LogP contribution in [0.3, 0.4) is 0 Å². The van der Waals surface area contributed by atoms with E-state index >= 15 is 0 Å². The number of hydrogen-bond donors (Lipinski definition) is 7. The number of aliphatic hydroxyl groups excluding tert-OH is 2. The summed E-state index contributed by atoms with van der Waals surface area (Å²) in [7, 11) is 0. The van der Waals surface area contributed by atoms with Gasteiger partial charge >= 0.3 is 11.9 Å². The van der Waals surface area contributed by atoms with Gasteiger partial charge in [0.2, 0.25) is 0 Å². The molecule has 0 spiro atoms. The van der Waals surface area contributed by atoms with E-state index in [2.05, 4.69) is 59.8 Å². The zero-order valence-electron chi connectivity index (χ0n) is 26.2. The maximum atomic E-state index is 13.3. The number of nitrogens with one attached hydrogen (secondary N) is 4. The highest BCUT2D eigenvalue weighted by Gasteiger charge is 2.47. The molecular formula is C35H40N4O6. The molecule has 0 radical (unpaired) electrons. The Kier molecular flexibility index (Phi) is 7.64. The SMILES string of the molecule is C=Cc1c2[nH]c(c1C)/C=C1\NC(C3=c4[nH]c(c(C)c4=C(O)[C@@H]3C(=O)OCO)/C=c3\[nH]/c(c(C)c3CC)=C\2)[C@@H](CCC(=O)O)[C@@H]1C. The second-order valence-electron chi connectivity index (χ2n) is 12.3. The summed E-state index contributed by atoms with van der Waals surface area (Å²) in [5.41, 5.74) is 9.12. The summed E-state index contributed by atoms with van der Waals surface area (Å²) >= 11 is 0. The molecule has 7 N–H and O–H groups in total. The average Bonchev–Trinajstić information content (AvgIpc) is 3.73. The van der Waals surface area contributed by atoms with Gasteiger partial charge in [0.15, 0.2) is 6.79 Å². The number of fused-ring (bicyclic) bond motifs is 8. The van der Waals surface area contributed by atoms with Crippen LogP contribution in [-0.2, 0) is 20.7 Å². The van der Waals surface area contributed by atoms with E-state index < -0.39 is 30.7 Å². The molecule has 3 aromatic heterocycles. The molecular weight excluding hydrogens is 572 g/mol. The second kappa shape index (κ2) is 11.3. The van der Waals surface area contributed by atoms with E-state index in [0.29, 0.717) is 22.6 Å². The number of aliphatic carboxylic acids is 1. The van der Waals surface area contributed by atoms with Crippen molar-refractivity contribution in [1.29, 1.82) is 0 Å². The summed E-state index contributed by atoms with van der Waals surface area (Å²) < 4.78 is 5.05. The number of ether oxygens (including phenoxy) is 1. The van der Waals surface area contributed by atoms with Crippen LogP contribution in [0.4, 0.5) is 0 Å². The molecule has 10 nitrogen and oxygen atoms in total. The summed E-state index contributed by atoms with van der Waals surface area (Å²) in [6.45, 7) is 13.5. The third-order valence-electron chi connectivity index (χ3n) is 10.0. The number of H-pyrrole nitrogens is 3. The Morgan fingerprint density at radius 2 is 1.71 bits per heavy atom. The fourth-order valence-electron chi connectivity index (χ4n) is 7.60. The molecule has 236 valence electrons. The normalized spacial score (nSPS) is 24.3. The zero-order valence-corrected chi connectivity index (χ0v) is 26.2. The monoisotopic (exact) mass is 612 g/mol. The molecule has 6 rings (SSSR count). The van der Waals surface area contributed by atoms with Crippen LogP contribution in [0.25, 0.3) is 35.6 Å². The molecule has 10 heteroatoms. The van der Waals surface area contributed by atoms with Crippen LogP contribution < -0.4 is 26.6 Å². The molecule has 3 aliphatic rings. The molecule has 4 atom stereocenters. The lowest BCUT2D eigenvalue weighted by molar-refractivity contribution is -0.153. The summed E-state index contributed by atoms with van der Waals surface area (Å²) in [4.78, 5) is 35.8. The van der Waals surface area contributed by atoms with Gasteiger partial charge in [0.1, 0.15) is 11.7 Å². The number of aliphatic hydroxyl groups is 2. The maximum Gasteiger partial charge on any atom is 0.323 e. The number of carboxylic acids is 1. The van der Waals surface area contributed by atoms with Crippen molar-refractivity contribution < 1.29 is 29.6 Å². The van der Waals surface area contributed by atoms with E-state index in [4.69, 9.17) is 4.74 Å². The average molecular weight is 613 g/mol. The number of hydrogen-bond acceptors (Lipinski definition) is 6. The largest absolute Gasteiger partial charge is 0.510 e. The van der Waals surface area contributed by atoms with E-state index in [1.807, 2.05) is 26.0 Å². The van der Waals surface area contributed by atoms with Gasteiger partial charge in [-0.15, -0.1) is 0 Å². The third-order valence-corrected chi connectivity index (χ3v) is 10.0.